The van der Waals surface area contributed by atoms with E-state index in [0.717, 1.165) is 11.1 Å². The van der Waals surface area contributed by atoms with Crippen molar-refractivity contribution >= 4 is 6.29 Å². The Kier molecular flexibility index (Phi) is 3.80. The molecule has 5 heteroatoms. The normalized spacial score (nSPS) is 10.6. The Morgan fingerprint density at radius 3 is 2.55 bits per heavy atom. The van der Waals surface area contributed by atoms with Crippen molar-refractivity contribution in [2.45, 2.75) is 6.61 Å². The number of hydrogen-bond acceptors (Lipinski definition) is 5. The van der Waals surface area contributed by atoms with Gasteiger partial charge in [-0.25, -0.2) is 0 Å². The minimum absolute atomic E-state index is 0.152. The molecule has 0 saturated carbocycles. The maximum Gasteiger partial charge on any atom is 0.185 e. The van der Waals surface area contributed by atoms with Crippen LogP contribution in [0.3, 0.4) is 0 Å². The first-order valence-electron chi connectivity index (χ1n) is 6.68. The average Bonchev–Trinajstić information content (AvgIpc) is 3.23. The average molecular weight is 298 g/mol. The van der Waals surface area contributed by atoms with Gasteiger partial charge in [-0.3, -0.25) is 4.79 Å². The molecule has 0 radical (unpaired) electrons. The molecule has 1 N–H and O–H groups in total. The van der Waals surface area contributed by atoms with E-state index in [9.17, 15) is 4.79 Å². The van der Waals surface area contributed by atoms with Gasteiger partial charge in [-0.1, -0.05) is 6.07 Å². The van der Waals surface area contributed by atoms with E-state index < -0.39 is 0 Å². The topological polar surface area (TPSA) is 72.8 Å². The lowest BCUT2D eigenvalue weighted by Crippen LogP contribution is -1.88. The minimum Gasteiger partial charge on any atom is -0.496 e. The number of aliphatic hydroxyl groups is 1. The monoisotopic (exact) mass is 298 g/mol. The van der Waals surface area contributed by atoms with Crippen LogP contribution in [0, 0.1) is 0 Å². The summed E-state index contributed by atoms with van der Waals surface area (Å²) in [7, 11) is 1.57. The van der Waals surface area contributed by atoms with Gasteiger partial charge in [-0.15, -0.1) is 0 Å². The van der Waals surface area contributed by atoms with E-state index in [1.54, 1.807) is 31.4 Å². The third-order valence-corrected chi connectivity index (χ3v) is 3.31. The van der Waals surface area contributed by atoms with Crippen molar-refractivity contribution in [3.8, 4) is 28.4 Å². The molecular formula is C17H14O5. The SMILES string of the molecule is COc1cc(-c2ccc(C=O)o2)ccc1-c1ccc(CO)o1. The second kappa shape index (κ2) is 5.91. The smallest absolute Gasteiger partial charge is 0.185 e. The zero-order valence-electron chi connectivity index (χ0n) is 11.9. The summed E-state index contributed by atoms with van der Waals surface area (Å²) in [4.78, 5) is 10.7. The number of carbonyl (C=O) groups excluding carboxylic acids is 1. The van der Waals surface area contributed by atoms with Crippen LogP contribution in [0.1, 0.15) is 16.3 Å². The summed E-state index contributed by atoms with van der Waals surface area (Å²) in [5.41, 5.74) is 1.57. The minimum atomic E-state index is -0.152. The van der Waals surface area contributed by atoms with Crippen molar-refractivity contribution in [3.63, 3.8) is 0 Å². The van der Waals surface area contributed by atoms with Crippen LogP contribution in [0.2, 0.25) is 0 Å². The van der Waals surface area contributed by atoms with Crippen LogP contribution in [0.25, 0.3) is 22.6 Å². The standard InChI is InChI=1S/C17H14O5/c1-20-17-8-11(15-6-3-12(9-18)21-15)2-5-14(17)16-7-4-13(10-19)22-16/h2-9,19H,10H2,1H3. The summed E-state index contributed by atoms with van der Waals surface area (Å²) < 4.78 is 16.3. The van der Waals surface area contributed by atoms with E-state index in [-0.39, 0.29) is 12.4 Å². The van der Waals surface area contributed by atoms with Gasteiger partial charge in [0.2, 0.25) is 0 Å². The van der Waals surface area contributed by atoms with Crippen LogP contribution in [-0.4, -0.2) is 18.5 Å². The summed E-state index contributed by atoms with van der Waals surface area (Å²) in [6, 6.07) is 12.3. The highest BCUT2D eigenvalue weighted by Crippen LogP contribution is 2.35. The molecule has 2 heterocycles. The van der Waals surface area contributed by atoms with Crippen molar-refractivity contribution in [2.24, 2.45) is 0 Å². The number of rotatable bonds is 5. The van der Waals surface area contributed by atoms with Crippen LogP contribution in [0.5, 0.6) is 5.75 Å². The highest BCUT2D eigenvalue weighted by atomic mass is 16.5. The molecule has 1 aromatic carbocycles. The zero-order valence-corrected chi connectivity index (χ0v) is 11.9. The first kappa shape index (κ1) is 14.2. The fraction of sp³-hybridized carbons (Fsp3) is 0.118. The van der Waals surface area contributed by atoms with E-state index in [1.165, 1.54) is 0 Å². The van der Waals surface area contributed by atoms with E-state index in [2.05, 4.69) is 0 Å². The number of methoxy groups -OCH3 is 1. The van der Waals surface area contributed by atoms with Gasteiger partial charge in [0.15, 0.2) is 12.0 Å². The fourth-order valence-electron chi connectivity index (χ4n) is 2.23. The number of aliphatic hydroxyl groups excluding tert-OH is 1. The third kappa shape index (κ3) is 2.54. The Bertz CT molecular complexity index is 797. The fourth-order valence-corrected chi connectivity index (χ4v) is 2.23. The second-order valence-corrected chi connectivity index (χ2v) is 4.66. The molecule has 0 atom stereocenters. The molecule has 0 spiro atoms. The summed E-state index contributed by atoms with van der Waals surface area (Å²) >= 11 is 0. The number of carbonyl (C=O) groups is 1. The van der Waals surface area contributed by atoms with Gasteiger partial charge in [0.25, 0.3) is 0 Å². The molecule has 0 aliphatic rings. The highest BCUT2D eigenvalue weighted by Gasteiger charge is 2.13. The number of benzene rings is 1. The summed E-state index contributed by atoms with van der Waals surface area (Å²) in [5.74, 6) is 2.57. The van der Waals surface area contributed by atoms with E-state index >= 15 is 0 Å². The van der Waals surface area contributed by atoms with Crippen molar-refractivity contribution in [1.82, 2.24) is 0 Å². The summed E-state index contributed by atoms with van der Waals surface area (Å²) in [5, 5.41) is 9.08. The Labute approximate surface area is 126 Å². The predicted octanol–water partition coefficient (Wildman–Crippen LogP) is 3.52. The largest absolute Gasteiger partial charge is 0.496 e. The summed E-state index contributed by atoms with van der Waals surface area (Å²) in [6.45, 7) is -0.152. The van der Waals surface area contributed by atoms with Gasteiger partial charge in [-0.2, -0.15) is 0 Å². The van der Waals surface area contributed by atoms with Crippen LogP contribution < -0.4 is 4.74 Å². The lowest BCUT2D eigenvalue weighted by Gasteiger charge is -2.08. The molecule has 0 aliphatic heterocycles. The van der Waals surface area contributed by atoms with Crippen LogP contribution >= 0.6 is 0 Å². The molecule has 0 aliphatic carbocycles. The highest BCUT2D eigenvalue weighted by molar-refractivity contribution is 5.75. The number of hydrogen-bond donors (Lipinski definition) is 1. The van der Waals surface area contributed by atoms with Crippen LogP contribution in [0.4, 0.5) is 0 Å². The molecular weight excluding hydrogens is 284 g/mol. The molecule has 0 bridgehead atoms. The molecule has 3 aromatic rings. The number of furan rings is 2. The molecule has 0 unspecified atom stereocenters. The summed E-state index contributed by atoms with van der Waals surface area (Å²) in [6.07, 6.45) is 0.661. The second-order valence-electron chi connectivity index (χ2n) is 4.66. The molecule has 3 rings (SSSR count). The molecule has 0 amide bonds. The van der Waals surface area contributed by atoms with E-state index in [0.29, 0.717) is 29.3 Å². The number of aldehydes is 1. The van der Waals surface area contributed by atoms with Gasteiger partial charge in [0.05, 0.1) is 12.7 Å². The van der Waals surface area contributed by atoms with Crippen molar-refractivity contribution < 1.29 is 23.5 Å². The van der Waals surface area contributed by atoms with Gasteiger partial charge in [0, 0.05) is 5.56 Å². The third-order valence-electron chi connectivity index (χ3n) is 3.31. The quantitative estimate of drug-likeness (QED) is 0.730. The maximum absolute atomic E-state index is 10.7. The predicted molar refractivity (Wildman–Crippen MR) is 79.7 cm³/mol. The molecule has 5 nitrogen and oxygen atoms in total. The van der Waals surface area contributed by atoms with Gasteiger partial charge < -0.3 is 18.7 Å². The molecule has 2 aromatic heterocycles. The Morgan fingerprint density at radius 1 is 1.09 bits per heavy atom. The van der Waals surface area contributed by atoms with E-state index in [1.807, 2.05) is 18.2 Å². The van der Waals surface area contributed by atoms with Gasteiger partial charge >= 0.3 is 0 Å². The lowest BCUT2D eigenvalue weighted by atomic mass is 10.1. The maximum atomic E-state index is 10.7. The number of ether oxygens (including phenoxy) is 1. The van der Waals surface area contributed by atoms with Crippen molar-refractivity contribution in [1.29, 1.82) is 0 Å². The molecule has 22 heavy (non-hydrogen) atoms. The lowest BCUT2D eigenvalue weighted by molar-refractivity contribution is 0.110. The van der Waals surface area contributed by atoms with Crippen LogP contribution in [-0.2, 0) is 6.61 Å². The molecule has 0 fully saturated rings. The Balaban J connectivity index is 2.01. The first-order valence-corrected chi connectivity index (χ1v) is 6.68. The van der Waals surface area contributed by atoms with E-state index in [4.69, 9.17) is 18.7 Å². The zero-order chi connectivity index (χ0) is 15.5. The Morgan fingerprint density at radius 2 is 1.91 bits per heavy atom. The van der Waals surface area contributed by atoms with Crippen molar-refractivity contribution in [2.75, 3.05) is 7.11 Å². The van der Waals surface area contributed by atoms with Gasteiger partial charge in [0.1, 0.15) is 29.6 Å². The first-order chi connectivity index (χ1) is 10.7. The van der Waals surface area contributed by atoms with Gasteiger partial charge in [-0.05, 0) is 36.4 Å². The molecule has 0 saturated heterocycles. The Hall–Kier alpha value is -2.79. The van der Waals surface area contributed by atoms with Crippen LogP contribution in [0.15, 0.2) is 51.3 Å². The van der Waals surface area contributed by atoms with Crippen molar-refractivity contribution in [3.05, 3.63) is 54.0 Å². The molecule has 112 valence electrons.